The number of benzene rings is 3. The van der Waals surface area contributed by atoms with E-state index in [1.807, 2.05) is 19.1 Å². The zero-order chi connectivity index (χ0) is 21.0. The van der Waals surface area contributed by atoms with Gasteiger partial charge in [-0.05, 0) is 55.5 Å². The molecule has 0 heterocycles. The predicted octanol–water partition coefficient (Wildman–Crippen LogP) is 5.79. The first-order chi connectivity index (χ1) is 13.8. The minimum atomic E-state index is -0.723. The summed E-state index contributed by atoms with van der Waals surface area (Å²) in [4.78, 5) is 23.9. The zero-order valence-corrected chi connectivity index (χ0v) is 16.5. The Bertz CT molecular complexity index is 1070. The lowest BCUT2D eigenvalue weighted by Gasteiger charge is -2.14. The summed E-state index contributed by atoms with van der Waals surface area (Å²) in [7, 11) is 0. The average Bonchev–Trinajstić information content (AvgIpc) is 2.66. The third kappa shape index (κ3) is 5.33. The fourth-order valence-electron chi connectivity index (χ4n) is 2.59. The summed E-state index contributed by atoms with van der Waals surface area (Å²) in [5.41, 5.74) is 1.45. The van der Waals surface area contributed by atoms with Crippen LogP contribution in [0.1, 0.15) is 22.8 Å². The number of nitrogens with one attached hydrogen (secondary N) is 2. The van der Waals surface area contributed by atoms with E-state index in [-0.39, 0.29) is 17.2 Å². The monoisotopic (exact) mass is 412 g/mol. The molecule has 0 radical (unpaired) electrons. The van der Waals surface area contributed by atoms with Crippen LogP contribution in [0.15, 0.2) is 60.7 Å². The molecule has 0 fully saturated rings. The van der Waals surface area contributed by atoms with Gasteiger partial charge >= 0.3 is 0 Å². The van der Waals surface area contributed by atoms with Gasteiger partial charge in [-0.25, -0.2) is 4.39 Å². The Morgan fingerprint density at radius 3 is 2.38 bits per heavy atom. The van der Waals surface area contributed by atoms with Gasteiger partial charge in [0, 0.05) is 17.6 Å². The van der Waals surface area contributed by atoms with Gasteiger partial charge in [0.05, 0.1) is 11.3 Å². The van der Waals surface area contributed by atoms with Gasteiger partial charge in [0.15, 0.2) is 5.75 Å². The van der Waals surface area contributed by atoms with Crippen molar-refractivity contribution in [2.75, 3.05) is 10.6 Å². The second-order valence-electron chi connectivity index (χ2n) is 6.39. The Morgan fingerprint density at radius 1 is 0.966 bits per heavy atom. The largest absolute Gasteiger partial charge is 0.455 e. The number of hydrogen-bond acceptors (Lipinski definition) is 3. The van der Waals surface area contributed by atoms with Crippen LogP contribution < -0.4 is 15.4 Å². The Kier molecular flexibility index (Phi) is 6.14. The van der Waals surface area contributed by atoms with Crippen molar-refractivity contribution in [3.8, 4) is 11.5 Å². The first-order valence-corrected chi connectivity index (χ1v) is 9.12. The van der Waals surface area contributed by atoms with Gasteiger partial charge in [0.2, 0.25) is 5.91 Å². The Labute approximate surface area is 172 Å². The molecular formula is C22H18ClFN2O3. The van der Waals surface area contributed by atoms with Crippen molar-refractivity contribution in [1.29, 1.82) is 0 Å². The van der Waals surface area contributed by atoms with Crippen LogP contribution in [0.4, 0.5) is 15.8 Å². The quantitative estimate of drug-likeness (QED) is 0.557. The van der Waals surface area contributed by atoms with E-state index in [9.17, 15) is 14.0 Å². The molecule has 3 aromatic rings. The van der Waals surface area contributed by atoms with E-state index in [4.69, 9.17) is 16.3 Å². The Morgan fingerprint density at radius 2 is 1.69 bits per heavy atom. The van der Waals surface area contributed by atoms with Gasteiger partial charge in [-0.2, -0.15) is 0 Å². The van der Waals surface area contributed by atoms with Crippen LogP contribution in [-0.4, -0.2) is 11.8 Å². The molecule has 0 saturated carbocycles. The molecule has 148 valence electrons. The van der Waals surface area contributed by atoms with E-state index in [1.54, 1.807) is 24.3 Å². The second kappa shape index (κ2) is 8.75. The average molecular weight is 413 g/mol. The third-order valence-corrected chi connectivity index (χ3v) is 4.21. The topological polar surface area (TPSA) is 67.4 Å². The molecule has 29 heavy (non-hydrogen) atoms. The van der Waals surface area contributed by atoms with Crippen molar-refractivity contribution < 1.29 is 18.7 Å². The lowest BCUT2D eigenvalue weighted by Crippen LogP contribution is -2.15. The van der Waals surface area contributed by atoms with Crippen molar-refractivity contribution in [1.82, 2.24) is 0 Å². The highest BCUT2D eigenvalue weighted by Crippen LogP contribution is 2.32. The summed E-state index contributed by atoms with van der Waals surface area (Å²) in [5.74, 6) is -0.825. The Balaban J connectivity index is 1.87. The maximum Gasteiger partial charge on any atom is 0.258 e. The summed E-state index contributed by atoms with van der Waals surface area (Å²) in [5, 5.41) is 5.52. The summed E-state index contributed by atoms with van der Waals surface area (Å²) in [6, 6.07) is 15.9. The van der Waals surface area contributed by atoms with Crippen molar-refractivity contribution in [3.63, 3.8) is 0 Å². The fraction of sp³-hybridized carbons (Fsp3) is 0.0909. The minimum Gasteiger partial charge on any atom is -0.455 e. The normalized spacial score (nSPS) is 10.3. The zero-order valence-electron chi connectivity index (χ0n) is 15.8. The molecule has 3 rings (SSSR count). The number of aryl methyl sites for hydroxylation is 1. The van der Waals surface area contributed by atoms with E-state index >= 15 is 0 Å². The van der Waals surface area contributed by atoms with Crippen molar-refractivity contribution in [3.05, 3.63) is 82.6 Å². The molecule has 0 atom stereocenters. The lowest BCUT2D eigenvalue weighted by molar-refractivity contribution is -0.114. The second-order valence-corrected chi connectivity index (χ2v) is 6.82. The number of ether oxygens (including phenoxy) is 1. The van der Waals surface area contributed by atoms with Crippen LogP contribution in [0.2, 0.25) is 5.02 Å². The van der Waals surface area contributed by atoms with E-state index < -0.39 is 11.7 Å². The number of amides is 2. The number of rotatable bonds is 5. The van der Waals surface area contributed by atoms with Crippen molar-refractivity contribution in [2.24, 2.45) is 0 Å². The molecule has 2 amide bonds. The molecule has 0 aliphatic heterocycles. The van der Waals surface area contributed by atoms with Crippen LogP contribution in [0, 0.1) is 12.7 Å². The molecule has 0 aromatic heterocycles. The lowest BCUT2D eigenvalue weighted by atomic mass is 10.1. The molecule has 3 aromatic carbocycles. The van der Waals surface area contributed by atoms with E-state index in [0.29, 0.717) is 22.2 Å². The highest BCUT2D eigenvalue weighted by molar-refractivity contribution is 6.31. The van der Waals surface area contributed by atoms with Gasteiger partial charge in [0.1, 0.15) is 11.6 Å². The van der Waals surface area contributed by atoms with E-state index in [1.165, 1.54) is 25.1 Å². The van der Waals surface area contributed by atoms with Crippen molar-refractivity contribution in [2.45, 2.75) is 13.8 Å². The van der Waals surface area contributed by atoms with E-state index in [0.717, 1.165) is 11.6 Å². The van der Waals surface area contributed by atoms with Gasteiger partial charge in [-0.1, -0.05) is 29.3 Å². The SMILES string of the molecule is CC(=O)Nc1ccc(F)c(C(=O)Nc2cc(Cl)ccc2Oc2ccc(C)cc2)c1. The van der Waals surface area contributed by atoms with Crippen LogP contribution in [0.3, 0.4) is 0 Å². The summed E-state index contributed by atoms with van der Waals surface area (Å²) in [6.45, 7) is 3.28. The number of carbonyl (C=O) groups excluding carboxylic acids is 2. The van der Waals surface area contributed by atoms with Crippen LogP contribution >= 0.6 is 11.6 Å². The van der Waals surface area contributed by atoms with Crippen LogP contribution in [0.5, 0.6) is 11.5 Å². The maximum atomic E-state index is 14.2. The smallest absolute Gasteiger partial charge is 0.258 e. The molecule has 0 unspecified atom stereocenters. The fourth-order valence-corrected chi connectivity index (χ4v) is 2.76. The highest BCUT2D eigenvalue weighted by atomic mass is 35.5. The van der Waals surface area contributed by atoms with E-state index in [2.05, 4.69) is 10.6 Å². The van der Waals surface area contributed by atoms with Gasteiger partial charge in [-0.3, -0.25) is 9.59 Å². The number of hydrogen-bond donors (Lipinski definition) is 2. The van der Waals surface area contributed by atoms with Gasteiger partial charge in [-0.15, -0.1) is 0 Å². The minimum absolute atomic E-state index is 0.225. The van der Waals surface area contributed by atoms with Gasteiger partial charge in [0.25, 0.3) is 5.91 Å². The summed E-state index contributed by atoms with van der Waals surface area (Å²) >= 11 is 6.06. The maximum absolute atomic E-state index is 14.2. The molecular weight excluding hydrogens is 395 g/mol. The number of carbonyl (C=O) groups is 2. The molecule has 7 heteroatoms. The number of anilines is 2. The predicted molar refractivity (Wildman–Crippen MR) is 111 cm³/mol. The molecule has 2 N–H and O–H groups in total. The molecule has 5 nitrogen and oxygen atoms in total. The highest BCUT2D eigenvalue weighted by Gasteiger charge is 2.16. The van der Waals surface area contributed by atoms with Crippen molar-refractivity contribution >= 4 is 34.8 Å². The molecule has 0 spiro atoms. The first kappa shape index (κ1) is 20.4. The first-order valence-electron chi connectivity index (χ1n) is 8.74. The molecule has 0 saturated heterocycles. The standard InChI is InChI=1S/C22H18ClFN2O3/c1-13-3-7-17(8-4-13)29-21-10-5-15(23)11-20(21)26-22(28)18-12-16(25-14(2)27)6-9-19(18)24/h3-12H,1-2H3,(H,25,27)(H,26,28). The summed E-state index contributed by atoms with van der Waals surface area (Å²) < 4.78 is 20.0. The van der Waals surface area contributed by atoms with Gasteiger partial charge < -0.3 is 15.4 Å². The Hall–Kier alpha value is -3.38. The summed E-state index contributed by atoms with van der Waals surface area (Å²) in [6.07, 6.45) is 0. The molecule has 0 aliphatic rings. The number of halogens is 2. The third-order valence-electron chi connectivity index (χ3n) is 3.97. The molecule has 0 aliphatic carbocycles. The molecule has 0 bridgehead atoms. The van der Waals surface area contributed by atoms with Crippen LogP contribution in [0.25, 0.3) is 0 Å². The van der Waals surface area contributed by atoms with Crippen LogP contribution in [-0.2, 0) is 4.79 Å².